The molecule has 0 spiro atoms. The van der Waals surface area contributed by atoms with Crippen molar-refractivity contribution in [2.24, 2.45) is 5.11 Å². The molecule has 0 saturated heterocycles. The van der Waals surface area contributed by atoms with E-state index in [1.807, 2.05) is 48.8 Å². The van der Waals surface area contributed by atoms with Gasteiger partial charge in [-0.3, -0.25) is 0 Å². The predicted octanol–water partition coefficient (Wildman–Crippen LogP) is 4.03. The van der Waals surface area contributed by atoms with Crippen LogP contribution in [0.5, 0.6) is 0 Å². The number of benzene rings is 2. The van der Waals surface area contributed by atoms with E-state index >= 15 is 0 Å². The molecule has 1 heterocycles. The Labute approximate surface area is 128 Å². The first-order valence-electron chi connectivity index (χ1n) is 6.90. The molecule has 0 N–H and O–H groups in total. The highest BCUT2D eigenvalue weighted by atomic mass is 15.1. The largest absolute Gasteiger partial charge is 0.244 e. The maximum absolute atomic E-state index is 8.53. The van der Waals surface area contributed by atoms with E-state index in [2.05, 4.69) is 31.7 Å². The second-order valence-electron chi connectivity index (χ2n) is 4.84. The summed E-state index contributed by atoms with van der Waals surface area (Å²) in [7, 11) is 0. The van der Waals surface area contributed by atoms with Gasteiger partial charge < -0.3 is 0 Å². The zero-order chi connectivity index (χ0) is 15.2. The molecule has 22 heavy (non-hydrogen) atoms. The van der Waals surface area contributed by atoms with Gasteiger partial charge in [0, 0.05) is 21.7 Å². The van der Waals surface area contributed by atoms with E-state index in [9.17, 15) is 0 Å². The zero-order valence-electron chi connectivity index (χ0n) is 11.9. The molecule has 0 atom stereocenters. The molecule has 0 radical (unpaired) electrons. The molecular formula is C17H14N5+. The third kappa shape index (κ3) is 3.29. The molecule has 0 aliphatic carbocycles. The molecule has 0 amide bonds. The molecule has 3 aromatic rings. The summed E-state index contributed by atoms with van der Waals surface area (Å²) in [5.41, 5.74) is 12.1. The predicted molar refractivity (Wildman–Crippen MR) is 84.2 cm³/mol. The minimum absolute atomic E-state index is 0.584. The van der Waals surface area contributed by atoms with Crippen LogP contribution >= 0.6 is 0 Å². The summed E-state index contributed by atoms with van der Waals surface area (Å²) in [6.07, 6.45) is 5.70. The van der Waals surface area contributed by atoms with Gasteiger partial charge in [-0.2, -0.15) is 4.57 Å². The maximum Gasteiger partial charge on any atom is 0.195 e. The lowest BCUT2D eigenvalue weighted by atomic mass is 10.1. The zero-order valence-corrected chi connectivity index (χ0v) is 11.9. The van der Waals surface area contributed by atoms with E-state index in [1.54, 1.807) is 12.3 Å². The summed E-state index contributed by atoms with van der Waals surface area (Å²) in [6, 6.07) is 17.7. The van der Waals surface area contributed by atoms with Gasteiger partial charge in [-0.1, -0.05) is 53.6 Å². The van der Waals surface area contributed by atoms with Crippen LogP contribution in [0.2, 0.25) is 0 Å². The molecule has 3 rings (SSSR count). The van der Waals surface area contributed by atoms with Crippen LogP contribution in [0, 0.1) is 0 Å². The Morgan fingerprint density at radius 3 is 2.77 bits per heavy atom. The second kappa shape index (κ2) is 6.52. The van der Waals surface area contributed by atoms with Gasteiger partial charge in [-0.15, -0.1) is 0 Å². The van der Waals surface area contributed by atoms with Crippen molar-refractivity contribution in [1.82, 2.24) is 4.98 Å². The Balaban J connectivity index is 1.91. The van der Waals surface area contributed by atoms with Gasteiger partial charge in [-0.25, -0.2) is 4.98 Å². The van der Waals surface area contributed by atoms with Gasteiger partial charge in [0.25, 0.3) is 0 Å². The highest BCUT2D eigenvalue weighted by Gasteiger charge is 2.07. The molecule has 0 fully saturated rings. The van der Waals surface area contributed by atoms with Crippen molar-refractivity contribution in [3.05, 3.63) is 89.2 Å². The Kier molecular flexibility index (Phi) is 4.09. The van der Waals surface area contributed by atoms with Crippen molar-refractivity contribution >= 4 is 5.69 Å². The van der Waals surface area contributed by atoms with Gasteiger partial charge in [0.1, 0.15) is 5.69 Å². The van der Waals surface area contributed by atoms with E-state index in [4.69, 9.17) is 5.53 Å². The first kappa shape index (κ1) is 13.8. The molecule has 0 saturated carbocycles. The van der Waals surface area contributed by atoms with Gasteiger partial charge in [0.05, 0.1) is 6.20 Å². The Bertz CT molecular complexity index is 823. The number of rotatable bonds is 4. The van der Waals surface area contributed by atoms with Gasteiger partial charge >= 0.3 is 0 Å². The Hall–Kier alpha value is -3.17. The monoisotopic (exact) mass is 288 g/mol. The second-order valence-corrected chi connectivity index (χ2v) is 4.84. The SMILES string of the molecule is [N-]=[N+]=Nc1cccc(-c2c[n+](Cc3ccccc3)ccn2)c1. The highest BCUT2D eigenvalue weighted by Crippen LogP contribution is 2.21. The molecular weight excluding hydrogens is 274 g/mol. The normalized spacial score (nSPS) is 10.0. The van der Waals surface area contributed by atoms with Crippen LogP contribution in [0.4, 0.5) is 5.69 Å². The minimum Gasteiger partial charge on any atom is -0.244 e. The smallest absolute Gasteiger partial charge is 0.195 e. The van der Waals surface area contributed by atoms with Crippen molar-refractivity contribution in [3.63, 3.8) is 0 Å². The number of azide groups is 1. The Morgan fingerprint density at radius 2 is 1.95 bits per heavy atom. The number of aromatic nitrogens is 2. The fourth-order valence-electron chi connectivity index (χ4n) is 2.25. The van der Waals surface area contributed by atoms with E-state index in [0.717, 1.165) is 17.8 Å². The van der Waals surface area contributed by atoms with Gasteiger partial charge in [0.15, 0.2) is 18.9 Å². The average Bonchev–Trinajstić information content (AvgIpc) is 2.57. The quantitative estimate of drug-likeness (QED) is 0.309. The summed E-state index contributed by atoms with van der Waals surface area (Å²) in [6.45, 7) is 0.784. The number of nitrogens with zero attached hydrogens (tertiary/aromatic N) is 5. The van der Waals surface area contributed by atoms with Gasteiger partial charge in [0.2, 0.25) is 0 Å². The summed E-state index contributed by atoms with van der Waals surface area (Å²) in [5, 5.41) is 3.63. The van der Waals surface area contributed by atoms with Crippen LogP contribution in [0.3, 0.4) is 0 Å². The van der Waals surface area contributed by atoms with Crippen LogP contribution in [-0.4, -0.2) is 4.98 Å². The van der Waals surface area contributed by atoms with Crippen LogP contribution in [0.1, 0.15) is 5.56 Å². The minimum atomic E-state index is 0.584. The first-order valence-corrected chi connectivity index (χ1v) is 6.90. The molecule has 0 bridgehead atoms. The molecule has 2 aromatic carbocycles. The molecule has 0 aliphatic rings. The van der Waals surface area contributed by atoms with Crippen molar-refractivity contribution < 1.29 is 4.57 Å². The standard InChI is InChI=1S/C17H14N5/c18-21-20-16-8-4-7-15(11-16)17-13-22(10-9-19-17)12-14-5-2-1-3-6-14/h1-11,13H,12H2/q+1. The third-order valence-electron chi connectivity index (χ3n) is 3.27. The fraction of sp³-hybridized carbons (Fsp3) is 0.0588. The molecule has 106 valence electrons. The van der Waals surface area contributed by atoms with Gasteiger partial charge in [-0.05, 0) is 11.6 Å². The molecule has 5 heteroatoms. The highest BCUT2D eigenvalue weighted by molar-refractivity contribution is 5.62. The Morgan fingerprint density at radius 1 is 1.09 bits per heavy atom. The third-order valence-corrected chi connectivity index (χ3v) is 3.27. The average molecular weight is 288 g/mol. The lowest BCUT2D eigenvalue weighted by molar-refractivity contribution is -0.688. The lowest BCUT2D eigenvalue weighted by Crippen LogP contribution is -2.33. The van der Waals surface area contributed by atoms with Crippen molar-refractivity contribution in [3.8, 4) is 11.3 Å². The van der Waals surface area contributed by atoms with Crippen LogP contribution in [-0.2, 0) is 6.54 Å². The lowest BCUT2D eigenvalue weighted by Gasteiger charge is -2.02. The molecule has 0 unspecified atom stereocenters. The van der Waals surface area contributed by atoms with Crippen molar-refractivity contribution in [1.29, 1.82) is 0 Å². The fourth-order valence-corrected chi connectivity index (χ4v) is 2.25. The number of hydrogen-bond donors (Lipinski definition) is 0. The van der Waals surface area contributed by atoms with Crippen LogP contribution in [0.15, 0.2) is 78.3 Å². The summed E-state index contributed by atoms with van der Waals surface area (Å²) < 4.78 is 2.08. The van der Waals surface area contributed by atoms with E-state index in [1.165, 1.54) is 5.56 Å². The molecule has 5 nitrogen and oxygen atoms in total. The first-order chi connectivity index (χ1) is 10.8. The van der Waals surface area contributed by atoms with Crippen molar-refractivity contribution in [2.45, 2.75) is 6.54 Å². The molecule has 1 aromatic heterocycles. The summed E-state index contributed by atoms with van der Waals surface area (Å²) in [4.78, 5) is 7.21. The van der Waals surface area contributed by atoms with Crippen LogP contribution in [0.25, 0.3) is 21.7 Å². The number of hydrogen-bond acceptors (Lipinski definition) is 2. The maximum atomic E-state index is 8.53. The summed E-state index contributed by atoms with van der Waals surface area (Å²) in [5.74, 6) is 0. The summed E-state index contributed by atoms with van der Waals surface area (Å²) >= 11 is 0. The van der Waals surface area contributed by atoms with Crippen LogP contribution < -0.4 is 4.57 Å². The van der Waals surface area contributed by atoms with E-state index < -0.39 is 0 Å². The topological polar surface area (TPSA) is 65.5 Å². The molecule has 0 aliphatic heterocycles. The van der Waals surface area contributed by atoms with Crippen molar-refractivity contribution in [2.75, 3.05) is 0 Å². The van der Waals surface area contributed by atoms with E-state index in [0.29, 0.717) is 5.69 Å². The van der Waals surface area contributed by atoms with E-state index in [-0.39, 0.29) is 0 Å².